The normalized spacial score (nSPS) is 16.7. The number of rotatable bonds is 6. The molecule has 0 aliphatic carbocycles. The summed E-state index contributed by atoms with van der Waals surface area (Å²) < 4.78 is 40.7. The fraction of sp³-hybridized carbons (Fsp3) is 0.333. The molecule has 2 aromatic carbocycles. The van der Waals surface area contributed by atoms with Crippen molar-refractivity contribution in [2.75, 3.05) is 47.2 Å². The number of nitrogens with one attached hydrogen (secondary N) is 1. The smallest absolute Gasteiger partial charge is 0.263 e. The van der Waals surface area contributed by atoms with Crippen LogP contribution < -0.4 is 14.5 Å². The second kappa shape index (κ2) is 10.8. The number of carbonyl (C=O) groups excluding carboxylic acids is 1. The van der Waals surface area contributed by atoms with E-state index in [1.807, 2.05) is 30.0 Å². The van der Waals surface area contributed by atoms with Crippen LogP contribution in [0.2, 0.25) is 5.02 Å². The highest BCUT2D eigenvalue weighted by Gasteiger charge is 2.31. The molecule has 38 heavy (non-hydrogen) atoms. The van der Waals surface area contributed by atoms with Crippen LogP contribution >= 0.6 is 11.6 Å². The zero-order valence-corrected chi connectivity index (χ0v) is 22.6. The van der Waals surface area contributed by atoms with Crippen molar-refractivity contribution in [2.45, 2.75) is 30.7 Å². The van der Waals surface area contributed by atoms with Crippen LogP contribution in [0.5, 0.6) is 0 Å². The third-order valence-corrected chi connectivity index (χ3v) is 8.70. The maximum Gasteiger partial charge on any atom is 0.263 e. The van der Waals surface area contributed by atoms with E-state index in [1.165, 1.54) is 23.8 Å². The molecule has 2 aliphatic heterocycles. The number of pyridine rings is 1. The van der Waals surface area contributed by atoms with Crippen LogP contribution in [-0.4, -0.2) is 63.0 Å². The quantitative estimate of drug-likeness (QED) is 0.490. The summed E-state index contributed by atoms with van der Waals surface area (Å²) in [7, 11) is -3.86. The number of benzene rings is 2. The van der Waals surface area contributed by atoms with E-state index in [4.69, 9.17) is 11.6 Å². The number of hydrogen-bond donors (Lipinski definition) is 1. The van der Waals surface area contributed by atoms with E-state index in [-0.39, 0.29) is 22.7 Å². The molecule has 0 radical (unpaired) electrons. The van der Waals surface area contributed by atoms with Gasteiger partial charge in [-0.15, -0.1) is 0 Å². The van der Waals surface area contributed by atoms with E-state index >= 15 is 0 Å². The van der Waals surface area contributed by atoms with Crippen molar-refractivity contribution in [1.29, 1.82) is 0 Å². The molecule has 1 fully saturated rings. The Morgan fingerprint density at radius 3 is 2.45 bits per heavy atom. The van der Waals surface area contributed by atoms with Crippen LogP contribution in [0.15, 0.2) is 65.7 Å². The van der Waals surface area contributed by atoms with Gasteiger partial charge in [-0.05, 0) is 79.9 Å². The van der Waals surface area contributed by atoms with E-state index in [9.17, 15) is 17.6 Å². The second-order valence-corrected chi connectivity index (χ2v) is 11.6. The zero-order valence-electron chi connectivity index (χ0n) is 21.0. The Balaban J connectivity index is 1.19. The maximum atomic E-state index is 13.4. The fourth-order valence-electron chi connectivity index (χ4n) is 5.05. The van der Waals surface area contributed by atoms with Crippen molar-refractivity contribution < 1.29 is 17.6 Å². The molecule has 200 valence electrons. The van der Waals surface area contributed by atoms with Crippen molar-refractivity contribution in [3.05, 3.63) is 77.2 Å². The Hall–Kier alpha value is -3.37. The lowest BCUT2D eigenvalue weighted by atomic mass is 10.00. The molecule has 3 heterocycles. The van der Waals surface area contributed by atoms with Crippen LogP contribution in [0, 0.1) is 5.82 Å². The van der Waals surface area contributed by atoms with Crippen LogP contribution in [0.25, 0.3) is 0 Å². The minimum absolute atomic E-state index is 0.0438. The predicted molar refractivity (Wildman–Crippen MR) is 147 cm³/mol. The number of sulfonamides is 1. The molecule has 11 heteroatoms. The Kier molecular flexibility index (Phi) is 7.45. The van der Waals surface area contributed by atoms with Crippen LogP contribution in [0.4, 0.5) is 21.6 Å². The van der Waals surface area contributed by atoms with Crippen LogP contribution in [0.1, 0.15) is 18.9 Å². The number of aryl methyl sites for hydroxylation is 1. The van der Waals surface area contributed by atoms with E-state index < -0.39 is 15.8 Å². The summed E-state index contributed by atoms with van der Waals surface area (Å²) in [6.07, 6.45) is 2.90. The molecular weight excluding hydrogens is 529 g/mol. The van der Waals surface area contributed by atoms with Crippen LogP contribution in [-0.2, 0) is 21.2 Å². The third-order valence-electron chi connectivity index (χ3n) is 7.09. The zero-order chi connectivity index (χ0) is 26.9. The number of hydrogen-bond acceptors (Lipinski definition) is 6. The number of aromatic nitrogens is 1. The SMILES string of the molecule is C[C@H](C(=O)N1CCN(c2ccc(S(=O)(=O)Nc3ccc(F)cn3)cc2)CC1)N1CCCc2cc(Cl)ccc21. The summed E-state index contributed by atoms with van der Waals surface area (Å²) in [5.74, 6) is -0.396. The molecule has 0 saturated carbocycles. The first kappa shape index (κ1) is 26.2. The summed E-state index contributed by atoms with van der Waals surface area (Å²) in [4.78, 5) is 23.4. The van der Waals surface area contributed by atoms with Crippen molar-refractivity contribution in [3.63, 3.8) is 0 Å². The molecule has 0 unspecified atom stereocenters. The Bertz CT molecular complexity index is 1410. The van der Waals surface area contributed by atoms with Gasteiger partial charge in [-0.2, -0.15) is 0 Å². The molecule has 1 saturated heterocycles. The summed E-state index contributed by atoms with van der Waals surface area (Å²) >= 11 is 6.18. The topological polar surface area (TPSA) is 85.8 Å². The Morgan fingerprint density at radius 2 is 1.76 bits per heavy atom. The third kappa shape index (κ3) is 5.56. The van der Waals surface area contributed by atoms with Gasteiger partial charge in [-0.25, -0.2) is 17.8 Å². The largest absolute Gasteiger partial charge is 0.368 e. The number of halogens is 2. The lowest BCUT2D eigenvalue weighted by Gasteiger charge is -2.41. The summed E-state index contributed by atoms with van der Waals surface area (Å²) in [5.41, 5.74) is 3.15. The standard InChI is InChI=1S/C27H29ClFN5O3S/c1-19(34-12-2-3-20-17-21(28)4-10-25(20)34)27(35)33-15-13-32(14-16-33)23-6-8-24(9-7-23)38(36,37)31-26-11-5-22(29)18-30-26/h4-11,17-19H,2-3,12-16H2,1H3,(H,30,31)/t19-/m1/s1. The number of fused-ring (bicyclic) bond motifs is 1. The lowest BCUT2D eigenvalue weighted by molar-refractivity contribution is -0.132. The fourth-order valence-corrected chi connectivity index (χ4v) is 6.25. The molecule has 0 bridgehead atoms. The molecule has 8 nitrogen and oxygen atoms in total. The summed E-state index contributed by atoms with van der Waals surface area (Å²) in [6.45, 7) is 5.27. The van der Waals surface area contributed by atoms with Crippen molar-refractivity contribution in [3.8, 4) is 0 Å². The number of nitrogens with zero attached hydrogens (tertiary/aromatic N) is 4. The first-order valence-electron chi connectivity index (χ1n) is 12.5. The summed E-state index contributed by atoms with van der Waals surface area (Å²) in [5, 5.41) is 0.715. The van der Waals surface area contributed by atoms with Gasteiger partial charge < -0.3 is 14.7 Å². The molecule has 1 N–H and O–H groups in total. The van der Waals surface area contributed by atoms with E-state index in [0.717, 1.165) is 43.0 Å². The predicted octanol–water partition coefficient (Wildman–Crippen LogP) is 4.16. The van der Waals surface area contributed by atoms with Gasteiger partial charge in [0.2, 0.25) is 5.91 Å². The Morgan fingerprint density at radius 1 is 1.03 bits per heavy atom. The maximum absolute atomic E-state index is 13.4. The van der Waals surface area contributed by atoms with E-state index in [1.54, 1.807) is 12.1 Å². The average Bonchev–Trinajstić information content (AvgIpc) is 2.93. The molecule has 1 amide bonds. The van der Waals surface area contributed by atoms with Gasteiger partial charge in [0.15, 0.2) is 0 Å². The highest BCUT2D eigenvalue weighted by Crippen LogP contribution is 2.31. The Labute approximate surface area is 227 Å². The highest BCUT2D eigenvalue weighted by molar-refractivity contribution is 7.92. The van der Waals surface area contributed by atoms with E-state index in [0.29, 0.717) is 31.2 Å². The van der Waals surface area contributed by atoms with Crippen molar-refractivity contribution >= 4 is 44.7 Å². The van der Waals surface area contributed by atoms with Crippen molar-refractivity contribution in [2.24, 2.45) is 0 Å². The molecule has 1 atom stereocenters. The van der Waals surface area contributed by atoms with Gasteiger partial charge >= 0.3 is 0 Å². The van der Waals surface area contributed by atoms with Gasteiger partial charge in [-0.1, -0.05) is 11.6 Å². The molecule has 0 spiro atoms. The van der Waals surface area contributed by atoms with Crippen molar-refractivity contribution in [1.82, 2.24) is 9.88 Å². The average molecular weight is 558 g/mol. The number of carbonyl (C=O) groups is 1. The van der Waals surface area contributed by atoms with Gasteiger partial charge in [0.05, 0.1) is 11.1 Å². The number of amides is 1. The molecule has 2 aliphatic rings. The molecule has 1 aromatic heterocycles. The first-order chi connectivity index (χ1) is 18.2. The van der Waals surface area contributed by atoms with Crippen LogP contribution in [0.3, 0.4) is 0 Å². The van der Waals surface area contributed by atoms with Gasteiger partial charge in [0.25, 0.3) is 10.0 Å². The monoisotopic (exact) mass is 557 g/mol. The van der Waals surface area contributed by atoms with Gasteiger partial charge in [0, 0.05) is 49.1 Å². The van der Waals surface area contributed by atoms with E-state index in [2.05, 4.69) is 19.5 Å². The van der Waals surface area contributed by atoms with Gasteiger partial charge in [-0.3, -0.25) is 9.52 Å². The minimum Gasteiger partial charge on any atom is -0.368 e. The summed E-state index contributed by atoms with van der Waals surface area (Å²) in [6, 6.07) is 14.6. The highest BCUT2D eigenvalue weighted by atomic mass is 35.5. The molecule has 3 aromatic rings. The number of piperazine rings is 1. The molecule has 5 rings (SSSR count). The second-order valence-electron chi connectivity index (χ2n) is 9.52. The number of anilines is 3. The minimum atomic E-state index is -3.86. The first-order valence-corrected chi connectivity index (χ1v) is 14.4. The lowest BCUT2D eigenvalue weighted by Crippen LogP contribution is -2.55. The molecular formula is C27H29ClFN5O3S. The van der Waals surface area contributed by atoms with Gasteiger partial charge in [0.1, 0.15) is 17.7 Å².